The van der Waals surface area contributed by atoms with Gasteiger partial charge in [-0.15, -0.1) is 11.8 Å². The highest BCUT2D eigenvalue weighted by atomic mass is 32.2. The summed E-state index contributed by atoms with van der Waals surface area (Å²) in [7, 11) is 0. The average molecular weight is 214 g/mol. The van der Waals surface area contributed by atoms with Gasteiger partial charge in [-0.3, -0.25) is 4.79 Å². The third kappa shape index (κ3) is 3.03. The molecular weight excluding hydrogens is 203 g/mol. The lowest BCUT2D eigenvalue weighted by molar-refractivity contribution is -0.136. The summed E-state index contributed by atoms with van der Waals surface area (Å²) in [6.07, 6.45) is 2.22. The first-order valence-corrected chi connectivity index (χ1v) is 5.40. The molecule has 0 aliphatic heterocycles. The molecule has 2 nitrogen and oxygen atoms in total. The number of carboxylic acids is 1. The van der Waals surface area contributed by atoms with E-state index >= 15 is 0 Å². The summed E-state index contributed by atoms with van der Waals surface area (Å²) in [5, 5.41) is 8.45. The molecule has 0 spiro atoms. The Balaban J connectivity index is 2.71. The molecule has 0 heterocycles. The van der Waals surface area contributed by atoms with E-state index in [2.05, 4.69) is 0 Å². The normalized spacial score (nSPS) is 10.1. The molecule has 1 rings (SSSR count). The predicted octanol–water partition coefficient (Wildman–Crippen LogP) is 2.56. The van der Waals surface area contributed by atoms with Gasteiger partial charge in [0.15, 0.2) is 0 Å². The minimum absolute atomic E-state index is 0.0397. The summed E-state index contributed by atoms with van der Waals surface area (Å²) in [5.41, 5.74) is 0.725. The quantitative estimate of drug-likeness (QED) is 0.783. The molecule has 1 N–H and O–H groups in total. The molecule has 0 saturated carbocycles. The van der Waals surface area contributed by atoms with Gasteiger partial charge in [0.1, 0.15) is 5.82 Å². The molecule has 0 aliphatic rings. The van der Waals surface area contributed by atoms with Crippen LogP contribution in [-0.4, -0.2) is 17.3 Å². The van der Waals surface area contributed by atoms with Crippen molar-refractivity contribution in [2.75, 3.05) is 6.26 Å². The van der Waals surface area contributed by atoms with Gasteiger partial charge < -0.3 is 5.11 Å². The number of thioether (sulfide) groups is 1. The zero-order valence-electron chi connectivity index (χ0n) is 7.79. The van der Waals surface area contributed by atoms with Crippen LogP contribution < -0.4 is 0 Å². The minimum Gasteiger partial charge on any atom is -0.481 e. The molecule has 0 bridgehead atoms. The van der Waals surface area contributed by atoms with E-state index in [0.717, 1.165) is 5.56 Å². The second kappa shape index (κ2) is 5.00. The highest BCUT2D eigenvalue weighted by Gasteiger charge is 2.04. The van der Waals surface area contributed by atoms with Crippen molar-refractivity contribution in [3.05, 3.63) is 29.6 Å². The maximum atomic E-state index is 13.2. The van der Waals surface area contributed by atoms with Crippen LogP contribution in [0.25, 0.3) is 0 Å². The van der Waals surface area contributed by atoms with Gasteiger partial charge in [0.25, 0.3) is 0 Å². The van der Waals surface area contributed by atoms with Crippen LogP contribution in [0.3, 0.4) is 0 Å². The molecule has 0 fully saturated rings. The number of benzene rings is 1. The lowest BCUT2D eigenvalue weighted by atomic mass is 10.1. The van der Waals surface area contributed by atoms with Gasteiger partial charge in [-0.1, -0.05) is 6.07 Å². The maximum Gasteiger partial charge on any atom is 0.303 e. The topological polar surface area (TPSA) is 37.3 Å². The van der Waals surface area contributed by atoms with E-state index in [4.69, 9.17) is 5.11 Å². The highest BCUT2D eigenvalue weighted by molar-refractivity contribution is 7.98. The molecule has 0 atom stereocenters. The van der Waals surface area contributed by atoms with Crippen LogP contribution in [0.4, 0.5) is 4.39 Å². The number of carboxylic acid groups (broad SMARTS) is 1. The van der Waals surface area contributed by atoms with Gasteiger partial charge in [-0.25, -0.2) is 4.39 Å². The van der Waals surface area contributed by atoms with Crippen LogP contribution >= 0.6 is 11.8 Å². The zero-order chi connectivity index (χ0) is 10.6. The smallest absolute Gasteiger partial charge is 0.303 e. The Kier molecular flexibility index (Phi) is 3.95. The number of rotatable bonds is 4. The second-order valence-electron chi connectivity index (χ2n) is 2.86. The summed E-state index contributed by atoms with van der Waals surface area (Å²) in [4.78, 5) is 10.9. The SMILES string of the molecule is CSc1ccc(CCC(=O)O)cc1F. The minimum atomic E-state index is -0.862. The van der Waals surface area contributed by atoms with Crippen LogP contribution in [0.5, 0.6) is 0 Å². The van der Waals surface area contributed by atoms with Crippen molar-refractivity contribution in [3.63, 3.8) is 0 Å². The molecule has 1 aromatic rings. The van der Waals surface area contributed by atoms with Gasteiger partial charge in [-0.05, 0) is 30.4 Å². The third-order valence-electron chi connectivity index (χ3n) is 1.84. The Bertz CT molecular complexity index is 339. The lowest BCUT2D eigenvalue weighted by Gasteiger charge is -2.02. The van der Waals surface area contributed by atoms with Gasteiger partial charge in [-0.2, -0.15) is 0 Å². The monoisotopic (exact) mass is 214 g/mol. The van der Waals surface area contributed by atoms with Crippen molar-refractivity contribution in [2.45, 2.75) is 17.7 Å². The van der Waals surface area contributed by atoms with Crippen LogP contribution in [0.2, 0.25) is 0 Å². The standard InChI is InChI=1S/C10H11FO2S/c1-14-9-4-2-7(6-8(9)11)3-5-10(12)13/h2,4,6H,3,5H2,1H3,(H,12,13). The fourth-order valence-corrected chi connectivity index (χ4v) is 1.57. The molecule has 76 valence electrons. The first kappa shape index (κ1) is 11.0. The Morgan fingerprint density at radius 2 is 2.29 bits per heavy atom. The first-order chi connectivity index (χ1) is 6.63. The van der Waals surface area contributed by atoms with E-state index in [9.17, 15) is 9.18 Å². The molecule has 0 aromatic heterocycles. The molecule has 0 amide bonds. The van der Waals surface area contributed by atoms with E-state index in [1.165, 1.54) is 17.8 Å². The van der Waals surface area contributed by atoms with Crippen LogP contribution in [0.15, 0.2) is 23.1 Å². The fourth-order valence-electron chi connectivity index (χ4n) is 1.12. The van der Waals surface area contributed by atoms with Gasteiger partial charge in [0.05, 0.1) is 0 Å². The average Bonchev–Trinajstić information content (AvgIpc) is 2.15. The molecule has 0 unspecified atom stereocenters. The van der Waals surface area contributed by atoms with E-state index in [1.807, 2.05) is 0 Å². The van der Waals surface area contributed by atoms with Gasteiger partial charge in [0, 0.05) is 11.3 Å². The summed E-state index contributed by atoms with van der Waals surface area (Å²) >= 11 is 1.34. The van der Waals surface area contributed by atoms with Crippen molar-refractivity contribution in [1.82, 2.24) is 0 Å². The molecule has 0 saturated heterocycles. The van der Waals surface area contributed by atoms with Crippen molar-refractivity contribution >= 4 is 17.7 Å². The van der Waals surface area contributed by atoms with E-state index in [1.54, 1.807) is 18.4 Å². The maximum absolute atomic E-state index is 13.2. The van der Waals surface area contributed by atoms with Crippen molar-refractivity contribution in [2.24, 2.45) is 0 Å². The Hall–Kier alpha value is -1.03. The Labute approximate surface area is 86.1 Å². The number of halogens is 1. The predicted molar refractivity (Wildman–Crippen MR) is 54.1 cm³/mol. The molecule has 0 radical (unpaired) electrons. The summed E-state index contributed by atoms with van der Waals surface area (Å²) in [6.45, 7) is 0. The number of aryl methyl sites for hydroxylation is 1. The molecule has 1 aromatic carbocycles. The lowest BCUT2D eigenvalue weighted by Crippen LogP contribution is -1.97. The van der Waals surface area contributed by atoms with Crippen LogP contribution in [-0.2, 0) is 11.2 Å². The largest absolute Gasteiger partial charge is 0.481 e. The summed E-state index contributed by atoms with van der Waals surface area (Å²) in [6, 6.07) is 4.84. The summed E-state index contributed by atoms with van der Waals surface area (Å²) in [5.74, 6) is -1.14. The van der Waals surface area contributed by atoms with E-state index in [-0.39, 0.29) is 12.2 Å². The Morgan fingerprint density at radius 3 is 2.79 bits per heavy atom. The van der Waals surface area contributed by atoms with Gasteiger partial charge in [0.2, 0.25) is 0 Å². The van der Waals surface area contributed by atoms with Crippen molar-refractivity contribution in [1.29, 1.82) is 0 Å². The van der Waals surface area contributed by atoms with Gasteiger partial charge >= 0.3 is 5.97 Å². The number of hydrogen-bond acceptors (Lipinski definition) is 2. The number of hydrogen-bond donors (Lipinski definition) is 1. The third-order valence-corrected chi connectivity index (χ3v) is 2.61. The second-order valence-corrected chi connectivity index (χ2v) is 3.71. The van der Waals surface area contributed by atoms with Crippen molar-refractivity contribution < 1.29 is 14.3 Å². The van der Waals surface area contributed by atoms with Crippen molar-refractivity contribution in [3.8, 4) is 0 Å². The first-order valence-electron chi connectivity index (χ1n) is 4.17. The van der Waals surface area contributed by atoms with E-state index < -0.39 is 5.97 Å². The fraction of sp³-hybridized carbons (Fsp3) is 0.300. The molecule has 0 aliphatic carbocycles. The molecule has 14 heavy (non-hydrogen) atoms. The molecule has 4 heteroatoms. The Morgan fingerprint density at radius 1 is 1.57 bits per heavy atom. The van der Waals surface area contributed by atoms with Crippen LogP contribution in [0, 0.1) is 5.82 Å². The zero-order valence-corrected chi connectivity index (χ0v) is 8.60. The molecular formula is C10H11FO2S. The highest BCUT2D eigenvalue weighted by Crippen LogP contribution is 2.20. The number of carbonyl (C=O) groups is 1. The van der Waals surface area contributed by atoms with Crippen LogP contribution in [0.1, 0.15) is 12.0 Å². The number of aliphatic carboxylic acids is 1. The summed E-state index contributed by atoms with van der Waals surface area (Å²) < 4.78 is 13.2. The van der Waals surface area contributed by atoms with E-state index in [0.29, 0.717) is 11.3 Å².